The number of phenolic OH excluding ortho intramolecular Hbond substituents is 2. The van der Waals surface area contributed by atoms with Crippen LogP contribution in [0.25, 0.3) is 0 Å². The van der Waals surface area contributed by atoms with Crippen molar-refractivity contribution >= 4 is 5.91 Å². The molecule has 5 heteroatoms. The fourth-order valence-corrected chi connectivity index (χ4v) is 2.02. The van der Waals surface area contributed by atoms with E-state index in [1.54, 1.807) is 0 Å². The SMILES string of the molecule is NC(CCNC(=O)c1cccc(O)c1O)c1ccccc1. The first kappa shape index (κ1) is 14.9. The predicted molar refractivity (Wildman–Crippen MR) is 80.1 cm³/mol. The number of amides is 1. The van der Waals surface area contributed by atoms with E-state index in [0.717, 1.165) is 5.56 Å². The van der Waals surface area contributed by atoms with Crippen LogP contribution in [0.15, 0.2) is 48.5 Å². The minimum Gasteiger partial charge on any atom is -0.504 e. The molecule has 21 heavy (non-hydrogen) atoms. The summed E-state index contributed by atoms with van der Waals surface area (Å²) in [5.41, 5.74) is 7.08. The summed E-state index contributed by atoms with van der Waals surface area (Å²) >= 11 is 0. The highest BCUT2D eigenvalue weighted by molar-refractivity contribution is 5.97. The van der Waals surface area contributed by atoms with E-state index >= 15 is 0 Å². The summed E-state index contributed by atoms with van der Waals surface area (Å²) in [6, 6.07) is 13.7. The van der Waals surface area contributed by atoms with Crippen LogP contribution in [-0.4, -0.2) is 22.7 Å². The zero-order valence-corrected chi connectivity index (χ0v) is 11.5. The molecule has 0 spiro atoms. The maximum absolute atomic E-state index is 11.9. The third kappa shape index (κ3) is 3.73. The molecule has 0 aliphatic carbocycles. The molecule has 0 aliphatic rings. The van der Waals surface area contributed by atoms with Crippen LogP contribution in [0.5, 0.6) is 11.5 Å². The summed E-state index contributed by atoms with van der Waals surface area (Å²) in [6.07, 6.45) is 0.579. The molecule has 5 N–H and O–H groups in total. The van der Waals surface area contributed by atoms with Crippen molar-refractivity contribution in [2.75, 3.05) is 6.54 Å². The van der Waals surface area contributed by atoms with Crippen LogP contribution < -0.4 is 11.1 Å². The van der Waals surface area contributed by atoms with E-state index in [1.807, 2.05) is 30.3 Å². The highest BCUT2D eigenvalue weighted by atomic mass is 16.3. The lowest BCUT2D eigenvalue weighted by atomic mass is 10.0. The number of benzene rings is 2. The summed E-state index contributed by atoms with van der Waals surface area (Å²) in [6.45, 7) is 0.379. The van der Waals surface area contributed by atoms with Gasteiger partial charge in [0, 0.05) is 12.6 Å². The van der Waals surface area contributed by atoms with E-state index in [-0.39, 0.29) is 17.4 Å². The standard InChI is InChI=1S/C16H18N2O3/c17-13(11-5-2-1-3-6-11)9-10-18-16(21)12-7-4-8-14(19)15(12)20/h1-8,13,19-20H,9-10,17H2,(H,18,21). The van der Waals surface area contributed by atoms with E-state index in [9.17, 15) is 15.0 Å². The molecule has 0 saturated carbocycles. The molecular formula is C16H18N2O3. The third-order valence-electron chi connectivity index (χ3n) is 3.23. The largest absolute Gasteiger partial charge is 0.504 e. The van der Waals surface area contributed by atoms with Crippen molar-refractivity contribution in [2.45, 2.75) is 12.5 Å². The Bertz CT molecular complexity index is 614. The minimum absolute atomic E-state index is 0.0447. The lowest BCUT2D eigenvalue weighted by Crippen LogP contribution is -2.27. The molecule has 2 aromatic carbocycles. The Labute approximate surface area is 123 Å². The van der Waals surface area contributed by atoms with E-state index < -0.39 is 11.7 Å². The molecule has 2 aromatic rings. The first-order valence-corrected chi connectivity index (χ1v) is 6.69. The first-order valence-electron chi connectivity index (χ1n) is 6.69. The van der Waals surface area contributed by atoms with Crippen molar-refractivity contribution in [3.63, 3.8) is 0 Å². The van der Waals surface area contributed by atoms with Gasteiger partial charge in [-0.15, -0.1) is 0 Å². The molecule has 1 amide bonds. The van der Waals surface area contributed by atoms with E-state index in [1.165, 1.54) is 18.2 Å². The van der Waals surface area contributed by atoms with Gasteiger partial charge in [-0.2, -0.15) is 0 Å². The Morgan fingerprint density at radius 1 is 1.10 bits per heavy atom. The summed E-state index contributed by atoms with van der Waals surface area (Å²) < 4.78 is 0. The Morgan fingerprint density at radius 2 is 1.81 bits per heavy atom. The molecule has 0 fully saturated rings. The molecule has 1 atom stereocenters. The summed E-state index contributed by atoms with van der Waals surface area (Å²) in [5.74, 6) is -1.17. The zero-order chi connectivity index (χ0) is 15.2. The average molecular weight is 286 g/mol. The van der Waals surface area contributed by atoms with Gasteiger partial charge in [0.25, 0.3) is 5.91 Å². The van der Waals surface area contributed by atoms with E-state index in [4.69, 9.17) is 5.73 Å². The number of rotatable bonds is 5. The fraction of sp³-hybridized carbons (Fsp3) is 0.188. The molecule has 2 rings (SSSR count). The molecule has 0 aromatic heterocycles. The second-order valence-corrected chi connectivity index (χ2v) is 4.74. The highest BCUT2D eigenvalue weighted by Gasteiger charge is 2.14. The summed E-state index contributed by atoms with van der Waals surface area (Å²) in [4.78, 5) is 11.9. The van der Waals surface area contributed by atoms with Gasteiger partial charge in [0.05, 0.1) is 5.56 Å². The van der Waals surface area contributed by atoms with Crippen LogP contribution in [0, 0.1) is 0 Å². The minimum atomic E-state index is -0.441. The Kier molecular flexibility index (Phi) is 4.79. The molecule has 1 unspecified atom stereocenters. The van der Waals surface area contributed by atoms with Crippen LogP contribution in [0.2, 0.25) is 0 Å². The number of hydrogen-bond donors (Lipinski definition) is 4. The molecule has 5 nitrogen and oxygen atoms in total. The highest BCUT2D eigenvalue weighted by Crippen LogP contribution is 2.27. The fourth-order valence-electron chi connectivity index (χ4n) is 2.02. The van der Waals surface area contributed by atoms with Gasteiger partial charge in [-0.05, 0) is 24.1 Å². The predicted octanol–water partition coefficient (Wildman–Crippen LogP) is 1.92. The van der Waals surface area contributed by atoms with Crippen molar-refractivity contribution in [1.29, 1.82) is 0 Å². The number of carbonyl (C=O) groups is 1. The van der Waals surface area contributed by atoms with Gasteiger partial charge in [0.15, 0.2) is 11.5 Å². The number of para-hydroxylation sites is 1. The van der Waals surface area contributed by atoms with Gasteiger partial charge < -0.3 is 21.3 Å². The number of aromatic hydroxyl groups is 2. The van der Waals surface area contributed by atoms with Crippen LogP contribution in [-0.2, 0) is 0 Å². The molecule has 0 saturated heterocycles. The third-order valence-corrected chi connectivity index (χ3v) is 3.23. The zero-order valence-electron chi connectivity index (χ0n) is 11.5. The normalized spacial score (nSPS) is 11.9. The molecule has 110 valence electrons. The Morgan fingerprint density at radius 3 is 2.52 bits per heavy atom. The monoisotopic (exact) mass is 286 g/mol. The maximum atomic E-state index is 11.9. The number of hydrogen-bond acceptors (Lipinski definition) is 4. The second-order valence-electron chi connectivity index (χ2n) is 4.74. The quantitative estimate of drug-likeness (QED) is 0.631. The van der Waals surface area contributed by atoms with Crippen LogP contribution >= 0.6 is 0 Å². The van der Waals surface area contributed by atoms with Crippen molar-refractivity contribution < 1.29 is 15.0 Å². The molecule has 0 aliphatic heterocycles. The van der Waals surface area contributed by atoms with Gasteiger partial charge in [-0.3, -0.25) is 4.79 Å². The Hall–Kier alpha value is -2.53. The summed E-state index contributed by atoms with van der Waals surface area (Å²) in [5, 5.41) is 21.7. The molecule has 0 heterocycles. The topological polar surface area (TPSA) is 95.6 Å². The van der Waals surface area contributed by atoms with Crippen molar-refractivity contribution in [2.24, 2.45) is 5.73 Å². The average Bonchev–Trinajstić information content (AvgIpc) is 2.50. The van der Waals surface area contributed by atoms with Crippen LogP contribution in [0.1, 0.15) is 28.4 Å². The van der Waals surface area contributed by atoms with E-state index in [0.29, 0.717) is 13.0 Å². The number of nitrogens with one attached hydrogen (secondary N) is 1. The number of nitrogens with two attached hydrogens (primary N) is 1. The Balaban J connectivity index is 1.89. The van der Waals surface area contributed by atoms with Crippen molar-refractivity contribution in [3.8, 4) is 11.5 Å². The second kappa shape index (κ2) is 6.76. The first-order chi connectivity index (χ1) is 10.1. The van der Waals surface area contributed by atoms with Crippen molar-refractivity contribution in [1.82, 2.24) is 5.32 Å². The lowest BCUT2D eigenvalue weighted by Gasteiger charge is -2.13. The molecule has 0 radical (unpaired) electrons. The van der Waals surface area contributed by atoms with Gasteiger partial charge in [0.2, 0.25) is 0 Å². The lowest BCUT2D eigenvalue weighted by molar-refractivity contribution is 0.0949. The van der Waals surface area contributed by atoms with Gasteiger partial charge in [-0.25, -0.2) is 0 Å². The van der Waals surface area contributed by atoms with Crippen LogP contribution in [0.3, 0.4) is 0 Å². The number of carbonyl (C=O) groups excluding carboxylic acids is 1. The van der Waals surface area contributed by atoms with Gasteiger partial charge in [0.1, 0.15) is 0 Å². The van der Waals surface area contributed by atoms with Crippen LogP contribution in [0.4, 0.5) is 0 Å². The molecular weight excluding hydrogens is 268 g/mol. The van der Waals surface area contributed by atoms with Gasteiger partial charge in [-0.1, -0.05) is 36.4 Å². The maximum Gasteiger partial charge on any atom is 0.255 e. The van der Waals surface area contributed by atoms with E-state index in [2.05, 4.69) is 5.32 Å². The van der Waals surface area contributed by atoms with Gasteiger partial charge >= 0.3 is 0 Å². The summed E-state index contributed by atoms with van der Waals surface area (Å²) in [7, 11) is 0. The molecule has 0 bridgehead atoms. The smallest absolute Gasteiger partial charge is 0.255 e. The van der Waals surface area contributed by atoms with Crippen molar-refractivity contribution in [3.05, 3.63) is 59.7 Å². The number of phenols is 2.